The lowest BCUT2D eigenvalue weighted by Crippen LogP contribution is -2.60. The first kappa shape index (κ1) is 85.6. The number of ether oxygens (including phenoxy) is 2. The lowest BCUT2D eigenvalue weighted by atomic mass is 9.98. The number of aliphatic hydroxyl groups excluding tert-OH is 7. The zero-order valence-electron chi connectivity index (χ0n) is 58.7. The van der Waals surface area contributed by atoms with E-state index in [2.05, 4.69) is 43.5 Å². The molecule has 8 N–H and O–H groups in total. The molecule has 9 atom stereocenters. The van der Waals surface area contributed by atoms with Gasteiger partial charge < -0.3 is 50.5 Å². The predicted octanol–water partition coefficient (Wildman–Crippen LogP) is 19.9. The molecule has 1 aliphatic rings. The summed E-state index contributed by atoms with van der Waals surface area (Å²) in [7, 11) is 0. The Kier molecular flexibility index (Phi) is 64.1. The van der Waals surface area contributed by atoms with Gasteiger partial charge in [-0.15, -0.1) is 0 Å². The van der Waals surface area contributed by atoms with Gasteiger partial charge in [-0.05, 0) is 51.4 Å². The second-order valence-corrected chi connectivity index (χ2v) is 27.8. The Labute approximate surface area is 550 Å². The standard InChI is InChI=1S/C78H151NO10/c1-3-5-7-9-11-13-15-17-19-21-23-25-27-29-31-32-33-34-35-36-37-38-39-40-42-44-46-48-50-52-54-56-58-60-62-64-66-71(82)77(87)79-69(68-88-78-76(86)75(85)74(84)72(67-80)89-78)73(83)70(81)65-63-61-59-57-55-53-51-49-47-45-43-41-30-28-26-24-22-20-18-16-14-12-10-8-6-4-2/h49,51,57,59,69-76,78,80-86H,3-48,50,52-56,58,60-68H2,1-2H3,(H,79,87)/b51-49+,59-57+. The maximum absolute atomic E-state index is 13.3. The minimum absolute atomic E-state index is 0.249. The Morgan fingerprint density at radius 2 is 0.674 bits per heavy atom. The number of rotatable bonds is 70. The second kappa shape index (κ2) is 66.6. The summed E-state index contributed by atoms with van der Waals surface area (Å²) in [5.74, 6) is -0.702. The van der Waals surface area contributed by atoms with Crippen LogP contribution in [0.5, 0.6) is 0 Å². The number of allylic oxidation sites excluding steroid dienone is 4. The summed E-state index contributed by atoms with van der Waals surface area (Å²) in [6, 6.07) is -1.19. The average Bonchev–Trinajstić information content (AvgIpc) is 1.72. The van der Waals surface area contributed by atoms with E-state index in [1.54, 1.807) is 0 Å². The third kappa shape index (κ3) is 53.5. The van der Waals surface area contributed by atoms with Gasteiger partial charge in [0.1, 0.15) is 36.6 Å². The lowest BCUT2D eigenvalue weighted by molar-refractivity contribution is -0.303. The third-order valence-corrected chi connectivity index (χ3v) is 19.2. The Balaban J connectivity index is 2.14. The molecule has 89 heavy (non-hydrogen) atoms. The maximum atomic E-state index is 13.3. The molecule has 0 radical (unpaired) electrons. The highest BCUT2D eigenvalue weighted by atomic mass is 16.7. The van der Waals surface area contributed by atoms with Gasteiger partial charge in [-0.25, -0.2) is 0 Å². The number of carbonyl (C=O) groups excluding carboxylic acids is 1. The highest BCUT2D eigenvalue weighted by molar-refractivity contribution is 5.80. The number of hydrogen-bond donors (Lipinski definition) is 8. The van der Waals surface area contributed by atoms with Gasteiger partial charge in [0.05, 0.1) is 25.4 Å². The first-order valence-electron chi connectivity index (χ1n) is 39.2. The summed E-state index contributed by atoms with van der Waals surface area (Å²) in [5.41, 5.74) is 0. The van der Waals surface area contributed by atoms with Crippen LogP contribution < -0.4 is 5.32 Å². The van der Waals surface area contributed by atoms with E-state index in [-0.39, 0.29) is 12.8 Å². The van der Waals surface area contributed by atoms with Crippen molar-refractivity contribution in [1.82, 2.24) is 5.32 Å². The molecule has 11 nitrogen and oxygen atoms in total. The van der Waals surface area contributed by atoms with Crippen LogP contribution in [0.3, 0.4) is 0 Å². The molecule has 1 rings (SSSR count). The molecule has 0 bridgehead atoms. The lowest BCUT2D eigenvalue weighted by Gasteiger charge is -2.40. The zero-order chi connectivity index (χ0) is 64.6. The van der Waals surface area contributed by atoms with Crippen LogP contribution in [-0.4, -0.2) is 110 Å². The average molecular weight is 1260 g/mol. The van der Waals surface area contributed by atoms with Gasteiger partial charge in [0, 0.05) is 0 Å². The van der Waals surface area contributed by atoms with E-state index >= 15 is 0 Å². The van der Waals surface area contributed by atoms with Crippen molar-refractivity contribution < 1.29 is 50.0 Å². The van der Waals surface area contributed by atoms with Crippen molar-refractivity contribution in [2.24, 2.45) is 0 Å². The summed E-state index contributed by atoms with van der Waals surface area (Å²) in [6.07, 6.45) is 74.5. The molecule has 11 heteroatoms. The Morgan fingerprint density at radius 3 is 1.00 bits per heavy atom. The van der Waals surface area contributed by atoms with Gasteiger partial charge in [0.25, 0.3) is 0 Å². The first-order valence-corrected chi connectivity index (χ1v) is 39.2. The fraction of sp³-hybridized carbons (Fsp3) is 0.936. The van der Waals surface area contributed by atoms with Gasteiger partial charge in [0.15, 0.2) is 6.29 Å². The van der Waals surface area contributed by atoms with Crippen molar-refractivity contribution in [1.29, 1.82) is 0 Å². The number of unbranched alkanes of at least 4 members (excludes halogenated alkanes) is 54. The van der Waals surface area contributed by atoms with Crippen molar-refractivity contribution in [2.45, 2.75) is 454 Å². The fourth-order valence-electron chi connectivity index (χ4n) is 13.0. The van der Waals surface area contributed by atoms with Crippen LogP contribution in [0.2, 0.25) is 0 Å². The summed E-state index contributed by atoms with van der Waals surface area (Å²) in [6.45, 7) is 3.51. The summed E-state index contributed by atoms with van der Waals surface area (Å²) in [5, 5.41) is 76.6. The molecule has 0 saturated carbocycles. The topological polar surface area (TPSA) is 189 Å². The molecule has 9 unspecified atom stereocenters. The SMILES string of the molecule is CCCCCCCCCCCCCCCCCCC/C=C/CC/C=C/CCCC(O)C(O)C(COC1OC(CO)C(O)C(O)C1O)NC(=O)C(O)CCCCCCCCCCCCCCCCCCCCCCCCCCCCCCCCCCCCCC. The van der Waals surface area contributed by atoms with Crippen LogP contribution in [0.4, 0.5) is 0 Å². The molecule has 0 spiro atoms. The number of carbonyl (C=O) groups is 1. The van der Waals surface area contributed by atoms with Crippen LogP contribution in [0.25, 0.3) is 0 Å². The minimum atomic E-state index is -1.67. The van der Waals surface area contributed by atoms with Gasteiger partial charge in [-0.2, -0.15) is 0 Å². The fourth-order valence-corrected chi connectivity index (χ4v) is 13.0. The maximum Gasteiger partial charge on any atom is 0.249 e. The molecular weight excluding hydrogens is 1110 g/mol. The highest BCUT2D eigenvalue weighted by Gasteiger charge is 2.44. The van der Waals surface area contributed by atoms with Crippen LogP contribution in [0.15, 0.2) is 24.3 Å². The number of aliphatic hydroxyl groups is 7. The first-order chi connectivity index (χ1) is 43.7. The monoisotopic (exact) mass is 1260 g/mol. The molecule has 0 aliphatic carbocycles. The number of amides is 1. The van der Waals surface area contributed by atoms with Gasteiger partial charge in [-0.1, -0.05) is 372 Å². The van der Waals surface area contributed by atoms with Crippen LogP contribution in [-0.2, 0) is 14.3 Å². The molecule has 1 fully saturated rings. The quantitative estimate of drug-likeness (QED) is 0.0215. The van der Waals surface area contributed by atoms with E-state index in [0.717, 1.165) is 38.5 Å². The summed E-state index contributed by atoms with van der Waals surface area (Å²) < 4.78 is 11.2. The van der Waals surface area contributed by atoms with Gasteiger partial charge in [0.2, 0.25) is 5.91 Å². The molecule has 0 aromatic heterocycles. The largest absolute Gasteiger partial charge is 0.394 e. The smallest absolute Gasteiger partial charge is 0.249 e. The molecule has 0 aromatic carbocycles. The second-order valence-electron chi connectivity index (χ2n) is 27.8. The number of hydrogen-bond acceptors (Lipinski definition) is 10. The van der Waals surface area contributed by atoms with E-state index < -0.39 is 74.2 Å². The molecule has 528 valence electrons. The van der Waals surface area contributed by atoms with Gasteiger partial charge >= 0.3 is 0 Å². The van der Waals surface area contributed by atoms with Crippen LogP contribution in [0, 0.1) is 0 Å². The molecule has 0 aromatic rings. The predicted molar refractivity (Wildman–Crippen MR) is 376 cm³/mol. The Morgan fingerprint density at radius 1 is 0.382 bits per heavy atom. The number of nitrogens with one attached hydrogen (secondary N) is 1. The molecule has 1 heterocycles. The molecule has 1 aliphatic heterocycles. The van der Waals surface area contributed by atoms with Gasteiger partial charge in [-0.3, -0.25) is 4.79 Å². The molecule has 1 amide bonds. The van der Waals surface area contributed by atoms with Crippen molar-refractivity contribution in [3.05, 3.63) is 24.3 Å². The van der Waals surface area contributed by atoms with Crippen LogP contribution >= 0.6 is 0 Å². The third-order valence-electron chi connectivity index (χ3n) is 19.2. The van der Waals surface area contributed by atoms with Crippen molar-refractivity contribution in [2.75, 3.05) is 13.2 Å². The Bertz CT molecular complexity index is 1500. The van der Waals surface area contributed by atoms with Crippen molar-refractivity contribution in [3.8, 4) is 0 Å². The highest BCUT2D eigenvalue weighted by Crippen LogP contribution is 2.24. The minimum Gasteiger partial charge on any atom is -0.394 e. The molecule has 1 saturated heterocycles. The van der Waals surface area contributed by atoms with E-state index in [1.165, 1.54) is 315 Å². The van der Waals surface area contributed by atoms with E-state index in [0.29, 0.717) is 19.3 Å². The Hall–Kier alpha value is -1.41. The van der Waals surface area contributed by atoms with Crippen LogP contribution in [0.1, 0.15) is 399 Å². The molecular formula is C78H151NO10. The van der Waals surface area contributed by atoms with E-state index in [1.807, 2.05) is 0 Å². The zero-order valence-corrected chi connectivity index (χ0v) is 58.7. The van der Waals surface area contributed by atoms with E-state index in [9.17, 15) is 40.5 Å². The van der Waals surface area contributed by atoms with Crippen molar-refractivity contribution >= 4 is 5.91 Å². The normalized spacial score (nSPS) is 18.6. The van der Waals surface area contributed by atoms with E-state index in [4.69, 9.17) is 9.47 Å². The summed E-state index contributed by atoms with van der Waals surface area (Å²) in [4.78, 5) is 13.3. The summed E-state index contributed by atoms with van der Waals surface area (Å²) >= 11 is 0. The van der Waals surface area contributed by atoms with Crippen molar-refractivity contribution in [3.63, 3.8) is 0 Å².